The summed E-state index contributed by atoms with van der Waals surface area (Å²) >= 11 is 0. The fourth-order valence-electron chi connectivity index (χ4n) is 1.98. The molecule has 0 aliphatic rings. The van der Waals surface area contributed by atoms with Crippen molar-refractivity contribution in [2.75, 3.05) is 33.4 Å². The van der Waals surface area contributed by atoms with E-state index in [2.05, 4.69) is 10.4 Å². The van der Waals surface area contributed by atoms with Crippen LogP contribution >= 0.6 is 0 Å². The summed E-state index contributed by atoms with van der Waals surface area (Å²) in [5.74, 6) is 0. The van der Waals surface area contributed by atoms with E-state index in [0.717, 1.165) is 17.8 Å². The molecular formula is C16H30N4O3. The Labute approximate surface area is 138 Å². The fourth-order valence-corrected chi connectivity index (χ4v) is 1.98. The number of aromatic nitrogens is 2. The van der Waals surface area contributed by atoms with E-state index in [0.29, 0.717) is 26.2 Å². The molecule has 0 saturated heterocycles. The Hall–Kier alpha value is -1.60. The molecule has 0 spiro atoms. The Balaban J connectivity index is 2.44. The van der Waals surface area contributed by atoms with E-state index in [1.807, 2.05) is 45.6 Å². The van der Waals surface area contributed by atoms with Crippen LogP contribution in [0.25, 0.3) is 0 Å². The topological polar surface area (TPSA) is 68.6 Å². The maximum absolute atomic E-state index is 12.2. The zero-order valence-electron chi connectivity index (χ0n) is 15.2. The van der Waals surface area contributed by atoms with E-state index < -0.39 is 5.60 Å². The second kappa shape index (κ2) is 8.88. The third kappa shape index (κ3) is 7.00. The largest absolute Gasteiger partial charge is 0.444 e. The van der Waals surface area contributed by atoms with Gasteiger partial charge in [-0.1, -0.05) is 0 Å². The van der Waals surface area contributed by atoms with E-state index in [9.17, 15) is 4.79 Å². The van der Waals surface area contributed by atoms with Gasteiger partial charge in [0.1, 0.15) is 5.60 Å². The summed E-state index contributed by atoms with van der Waals surface area (Å²) in [4.78, 5) is 13.9. The molecule has 7 nitrogen and oxygen atoms in total. The van der Waals surface area contributed by atoms with Crippen LogP contribution in [0.2, 0.25) is 0 Å². The van der Waals surface area contributed by atoms with Crippen LogP contribution in [0.3, 0.4) is 0 Å². The Kier molecular flexibility index (Phi) is 7.51. The minimum absolute atomic E-state index is 0.311. The quantitative estimate of drug-likeness (QED) is 0.737. The first-order valence-electron chi connectivity index (χ1n) is 7.89. The summed E-state index contributed by atoms with van der Waals surface area (Å²) in [6.45, 7) is 10.6. The lowest BCUT2D eigenvalue weighted by molar-refractivity contribution is 0.0204. The van der Waals surface area contributed by atoms with Crippen molar-refractivity contribution in [3.8, 4) is 0 Å². The maximum atomic E-state index is 12.2. The summed E-state index contributed by atoms with van der Waals surface area (Å²) in [5.41, 5.74) is 1.80. The van der Waals surface area contributed by atoms with Crippen molar-refractivity contribution in [2.45, 2.75) is 39.8 Å². The average molecular weight is 326 g/mol. The van der Waals surface area contributed by atoms with Gasteiger partial charge in [-0.25, -0.2) is 4.79 Å². The molecule has 1 aromatic rings. The molecule has 0 atom stereocenters. The Morgan fingerprint density at radius 3 is 2.61 bits per heavy atom. The van der Waals surface area contributed by atoms with E-state index in [1.54, 1.807) is 12.0 Å². The highest BCUT2D eigenvalue weighted by Gasteiger charge is 2.21. The predicted octanol–water partition coefficient (Wildman–Crippen LogP) is 1.70. The first-order valence-corrected chi connectivity index (χ1v) is 7.89. The van der Waals surface area contributed by atoms with Gasteiger partial charge in [-0.3, -0.25) is 4.68 Å². The van der Waals surface area contributed by atoms with Gasteiger partial charge in [0.15, 0.2) is 0 Å². The highest BCUT2D eigenvalue weighted by molar-refractivity contribution is 5.68. The second-order valence-corrected chi connectivity index (χ2v) is 6.52. The fraction of sp³-hybridized carbons (Fsp3) is 0.750. The van der Waals surface area contributed by atoms with Crippen LogP contribution in [0.1, 0.15) is 32.0 Å². The molecular weight excluding hydrogens is 296 g/mol. The molecule has 1 heterocycles. The number of nitrogens with one attached hydrogen (secondary N) is 1. The van der Waals surface area contributed by atoms with E-state index in [-0.39, 0.29) is 6.09 Å². The molecule has 0 aliphatic carbocycles. The number of carbonyl (C=O) groups excluding carboxylic acids is 1. The smallest absolute Gasteiger partial charge is 0.410 e. The number of hydrogen-bond donors (Lipinski definition) is 1. The van der Waals surface area contributed by atoms with Crippen LogP contribution in [0.5, 0.6) is 0 Å². The standard InChI is InChI=1S/C16H30N4O3/c1-13-14(12-18-19(13)5)11-17-7-8-20(9-10-22-6)15(21)23-16(2,3)4/h12,17H,7-11H2,1-6H3. The highest BCUT2D eigenvalue weighted by Crippen LogP contribution is 2.10. The predicted molar refractivity (Wildman–Crippen MR) is 89.3 cm³/mol. The number of methoxy groups -OCH3 is 1. The van der Waals surface area contributed by atoms with Crippen molar-refractivity contribution in [1.29, 1.82) is 0 Å². The number of nitrogens with zero attached hydrogens (tertiary/aromatic N) is 3. The third-order valence-corrected chi connectivity index (χ3v) is 3.43. The summed E-state index contributed by atoms with van der Waals surface area (Å²) in [7, 11) is 3.55. The van der Waals surface area contributed by atoms with Crippen molar-refractivity contribution in [3.05, 3.63) is 17.5 Å². The van der Waals surface area contributed by atoms with Gasteiger partial charge in [-0.2, -0.15) is 5.10 Å². The van der Waals surface area contributed by atoms with Crippen LogP contribution in [-0.2, 0) is 23.1 Å². The van der Waals surface area contributed by atoms with Crippen molar-refractivity contribution in [2.24, 2.45) is 7.05 Å². The normalized spacial score (nSPS) is 11.6. The molecule has 1 amide bonds. The van der Waals surface area contributed by atoms with E-state index in [4.69, 9.17) is 9.47 Å². The first-order chi connectivity index (χ1) is 10.7. The SMILES string of the molecule is COCCN(CCNCc1cnn(C)c1C)C(=O)OC(C)(C)C. The van der Waals surface area contributed by atoms with Gasteiger partial charge in [0, 0.05) is 51.6 Å². The van der Waals surface area contributed by atoms with Crippen molar-refractivity contribution in [1.82, 2.24) is 20.0 Å². The molecule has 0 radical (unpaired) electrons. The molecule has 0 unspecified atom stereocenters. The van der Waals surface area contributed by atoms with Crippen LogP contribution in [0.4, 0.5) is 4.79 Å². The maximum Gasteiger partial charge on any atom is 0.410 e. The summed E-state index contributed by atoms with van der Waals surface area (Å²) in [5, 5.41) is 7.55. The lowest BCUT2D eigenvalue weighted by atomic mass is 10.2. The highest BCUT2D eigenvalue weighted by atomic mass is 16.6. The molecule has 1 aromatic heterocycles. The third-order valence-electron chi connectivity index (χ3n) is 3.43. The molecule has 0 fully saturated rings. The van der Waals surface area contributed by atoms with Gasteiger partial charge in [0.25, 0.3) is 0 Å². The number of rotatable bonds is 8. The zero-order chi connectivity index (χ0) is 17.5. The van der Waals surface area contributed by atoms with Gasteiger partial charge in [-0.15, -0.1) is 0 Å². The van der Waals surface area contributed by atoms with Crippen LogP contribution < -0.4 is 5.32 Å². The van der Waals surface area contributed by atoms with Crippen molar-refractivity contribution >= 4 is 6.09 Å². The summed E-state index contributed by atoms with van der Waals surface area (Å²) < 4.78 is 12.3. The van der Waals surface area contributed by atoms with Crippen LogP contribution in [0, 0.1) is 6.92 Å². The molecule has 0 aromatic carbocycles. The van der Waals surface area contributed by atoms with Gasteiger partial charge in [0.2, 0.25) is 0 Å². The number of amides is 1. The Bertz CT molecular complexity index is 494. The van der Waals surface area contributed by atoms with Gasteiger partial charge >= 0.3 is 6.09 Å². The minimum atomic E-state index is -0.497. The summed E-state index contributed by atoms with van der Waals surface area (Å²) in [6.07, 6.45) is 1.55. The number of aryl methyl sites for hydroxylation is 1. The lowest BCUT2D eigenvalue weighted by Crippen LogP contribution is -2.42. The molecule has 7 heteroatoms. The molecule has 0 saturated carbocycles. The van der Waals surface area contributed by atoms with Gasteiger partial charge < -0.3 is 19.7 Å². The second-order valence-electron chi connectivity index (χ2n) is 6.52. The molecule has 0 aliphatic heterocycles. The van der Waals surface area contributed by atoms with Crippen LogP contribution in [0.15, 0.2) is 6.20 Å². The first kappa shape index (κ1) is 19.4. The van der Waals surface area contributed by atoms with E-state index >= 15 is 0 Å². The Morgan fingerprint density at radius 1 is 1.39 bits per heavy atom. The van der Waals surface area contributed by atoms with Crippen molar-refractivity contribution in [3.63, 3.8) is 0 Å². The minimum Gasteiger partial charge on any atom is -0.444 e. The van der Waals surface area contributed by atoms with Crippen LogP contribution in [-0.4, -0.2) is 59.7 Å². The molecule has 23 heavy (non-hydrogen) atoms. The van der Waals surface area contributed by atoms with Gasteiger partial charge in [-0.05, 0) is 27.7 Å². The summed E-state index contributed by atoms with van der Waals surface area (Å²) in [6, 6.07) is 0. The molecule has 132 valence electrons. The molecule has 1 rings (SSSR count). The Morgan fingerprint density at radius 2 is 2.09 bits per heavy atom. The lowest BCUT2D eigenvalue weighted by Gasteiger charge is -2.27. The number of hydrogen-bond acceptors (Lipinski definition) is 5. The zero-order valence-corrected chi connectivity index (χ0v) is 15.2. The monoisotopic (exact) mass is 326 g/mol. The molecule has 0 bridgehead atoms. The van der Waals surface area contributed by atoms with Gasteiger partial charge in [0.05, 0.1) is 12.8 Å². The molecule has 1 N–H and O–H groups in total. The number of ether oxygens (including phenoxy) is 2. The van der Waals surface area contributed by atoms with Crippen molar-refractivity contribution < 1.29 is 14.3 Å². The number of carbonyl (C=O) groups is 1. The average Bonchev–Trinajstić information content (AvgIpc) is 2.76. The van der Waals surface area contributed by atoms with E-state index in [1.165, 1.54) is 0 Å².